The lowest BCUT2D eigenvalue weighted by atomic mass is 10.1. The van der Waals surface area contributed by atoms with E-state index in [2.05, 4.69) is 4.74 Å². The average Bonchev–Trinajstić information content (AvgIpc) is 2.19. The smallest absolute Gasteiger partial charge is 0.417 e. The lowest BCUT2D eigenvalue weighted by Crippen LogP contribution is -2.16. The van der Waals surface area contributed by atoms with Crippen molar-refractivity contribution in [1.82, 2.24) is 0 Å². The second-order valence-electron chi connectivity index (χ2n) is 2.87. The molecule has 1 rings (SSSR count). The van der Waals surface area contributed by atoms with Gasteiger partial charge in [-0.3, -0.25) is 0 Å². The first-order valence-corrected chi connectivity index (χ1v) is 4.40. The van der Waals surface area contributed by atoms with Gasteiger partial charge >= 0.3 is 12.1 Å². The number of nitrogens with two attached hydrogens (primary N) is 1. The van der Waals surface area contributed by atoms with E-state index >= 15 is 0 Å². The minimum absolute atomic E-state index is 0.131. The van der Waals surface area contributed by atoms with E-state index in [1.165, 1.54) is 0 Å². The van der Waals surface area contributed by atoms with Crippen molar-refractivity contribution in [2.75, 3.05) is 12.8 Å². The summed E-state index contributed by atoms with van der Waals surface area (Å²) in [5, 5.41) is -0.131. The first kappa shape index (κ1) is 12.6. The van der Waals surface area contributed by atoms with Gasteiger partial charge in [-0.05, 0) is 12.1 Å². The minimum Gasteiger partial charge on any atom is -0.465 e. The number of alkyl halides is 3. The van der Waals surface area contributed by atoms with Crippen LogP contribution in [0.3, 0.4) is 0 Å². The van der Waals surface area contributed by atoms with Crippen molar-refractivity contribution < 1.29 is 22.7 Å². The topological polar surface area (TPSA) is 52.3 Å². The highest BCUT2D eigenvalue weighted by Gasteiger charge is 2.37. The maximum absolute atomic E-state index is 12.6. The highest BCUT2D eigenvalue weighted by atomic mass is 35.5. The number of anilines is 1. The zero-order chi connectivity index (χ0) is 12.5. The summed E-state index contributed by atoms with van der Waals surface area (Å²) >= 11 is 5.54. The predicted octanol–water partition coefficient (Wildman–Crippen LogP) is 2.73. The summed E-state index contributed by atoms with van der Waals surface area (Å²) in [6, 6.07) is 1.66. The maximum Gasteiger partial charge on any atom is 0.417 e. The van der Waals surface area contributed by atoms with Gasteiger partial charge in [-0.25, -0.2) is 4.79 Å². The van der Waals surface area contributed by atoms with Crippen LogP contribution < -0.4 is 5.73 Å². The molecule has 0 aliphatic carbocycles. The molecule has 16 heavy (non-hydrogen) atoms. The van der Waals surface area contributed by atoms with Crippen molar-refractivity contribution in [1.29, 1.82) is 0 Å². The summed E-state index contributed by atoms with van der Waals surface area (Å²) in [7, 11) is 0.961. The number of carbonyl (C=O) groups excluding carboxylic acids is 1. The fourth-order valence-electron chi connectivity index (χ4n) is 1.15. The van der Waals surface area contributed by atoms with E-state index in [0.717, 1.165) is 13.2 Å². The van der Waals surface area contributed by atoms with Crippen molar-refractivity contribution in [2.24, 2.45) is 0 Å². The number of nitrogen functional groups attached to an aromatic ring is 1. The van der Waals surface area contributed by atoms with Gasteiger partial charge in [0.15, 0.2) is 0 Å². The van der Waals surface area contributed by atoms with Crippen LogP contribution in [0.15, 0.2) is 12.1 Å². The van der Waals surface area contributed by atoms with Crippen LogP contribution in [0, 0.1) is 0 Å². The molecule has 3 nitrogen and oxygen atoms in total. The Morgan fingerprint density at radius 2 is 2.00 bits per heavy atom. The highest BCUT2D eigenvalue weighted by Crippen LogP contribution is 2.37. The molecule has 0 atom stereocenters. The monoisotopic (exact) mass is 253 g/mol. The first-order valence-electron chi connectivity index (χ1n) is 4.02. The lowest BCUT2D eigenvalue weighted by Gasteiger charge is -2.14. The van der Waals surface area contributed by atoms with E-state index in [1.807, 2.05) is 0 Å². The fourth-order valence-corrected chi connectivity index (χ4v) is 1.31. The van der Waals surface area contributed by atoms with Crippen LogP contribution in [0.2, 0.25) is 5.02 Å². The Hall–Kier alpha value is -1.43. The van der Waals surface area contributed by atoms with Gasteiger partial charge < -0.3 is 10.5 Å². The molecule has 0 radical (unpaired) electrons. The SMILES string of the molecule is COC(=O)c1c(C(F)(F)F)ccc(Cl)c1N. The molecule has 0 spiro atoms. The first-order chi connectivity index (χ1) is 7.29. The highest BCUT2D eigenvalue weighted by molar-refractivity contribution is 6.34. The molecule has 1 aromatic rings. The van der Waals surface area contributed by atoms with Crippen LogP contribution >= 0.6 is 11.6 Å². The molecule has 0 aromatic heterocycles. The Bertz CT molecular complexity index is 431. The number of ether oxygens (including phenoxy) is 1. The Balaban J connectivity index is 3.51. The van der Waals surface area contributed by atoms with E-state index in [9.17, 15) is 18.0 Å². The van der Waals surface area contributed by atoms with E-state index in [-0.39, 0.29) is 5.02 Å². The second kappa shape index (κ2) is 4.21. The Morgan fingerprint density at radius 1 is 1.44 bits per heavy atom. The number of rotatable bonds is 1. The number of carbonyl (C=O) groups is 1. The quantitative estimate of drug-likeness (QED) is 0.618. The molecule has 0 aliphatic heterocycles. The number of halogens is 4. The van der Waals surface area contributed by atoms with Crippen LogP contribution in [0.1, 0.15) is 15.9 Å². The third-order valence-corrected chi connectivity index (χ3v) is 2.22. The molecule has 0 fully saturated rings. The molecule has 0 aliphatic rings. The van der Waals surface area contributed by atoms with E-state index in [1.54, 1.807) is 0 Å². The number of hydrogen-bond acceptors (Lipinski definition) is 3. The summed E-state index contributed by atoms with van der Waals surface area (Å²) in [5.41, 5.74) is 2.96. The number of benzene rings is 1. The number of hydrogen-bond donors (Lipinski definition) is 1. The fraction of sp³-hybridized carbons (Fsp3) is 0.222. The third kappa shape index (κ3) is 2.21. The number of esters is 1. The molecule has 0 heterocycles. The Morgan fingerprint density at radius 3 is 2.44 bits per heavy atom. The molecule has 0 bridgehead atoms. The molecule has 0 saturated carbocycles. The van der Waals surface area contributed by atoms with Crippen molar-refractivity contribution in [3.63, 3.8) is 0 Å². The predicted molar refractivity (Wildman–Crippen MR) is 52.2 cm³/mol. The van der Waals surface area contributed by atoms with Crippen LogP contribution in [0.5, 0.6) is 0 Å². The molecule has 7 heteroatoms. The Kier molecular flexibility index (Phi) is 3.32. The summed E-state index contributed by atoms with van der Waals surface area (Å²) in [4.78, 5) is 11.2. The van der Waals surface area contributed by atoms with Crippen LogP contribution in [-0.4, -0.2) is 13.1 Å². The normalized spacial score (nSPS) is 11.3. The van der Waals surface area contributed by atoms with Gasteiger partial charge in [0.05, 0.1) is 28.9 Å². The molecule has 0 unspecified atom stereocenters. The van der Waals surface area contributed by atoms with Gasteiger partial charge in [0.25, 0.3) is 0 Å². The largest absolute Gasteiger partial charge is 0.465 e. The van der Waals surface area contributed by atoms with E-state index < -0.39 is 29.0 Å². The van der Waals surface area contributed by atoms with Gasteiger partial charge in [-0.15, -0.1) is 0 Å². The molecule has 0 saturated heterocycles. The number of methoxy groups -OCH3 is 1. The summed E-state index contributed by atoms with van der Waals surface area (Å²) in [6.45, 7) is 0. The minimum atomic E-state index is -4.69. The van der Waals surface area contributed by atoms with Crippen molar-refractivity contribution in [3.8, 4) is 0 Å². The van der Waals surface area contributed by atoms with Crippen molar-refractivity contribution in [3.05, 3.63) is 28.3 Å². The second-order valence-corrected chi connectivity index (χ2v) is 3.28. The average molecular weight is 254 g/mol. The Labute approximate surface area is 93.9 Å². The van der Waals surface area contributed by atoms with Crippen molar-refractivity contribution in [2.45, 2.75) is 6.18 Å². The van der Waals surface area contributed by atoms with E-state index in [0.29, 0.717) is 6.07 Å². The van der Waals surface area contributed by atoms with Gasteiger partial charge in [0, 0.05) is 0 Å². The zero-order valence-corrected chi connectivity index (χ0v) is 8.82. The molecular weight excluding hydrogens is 247 g/mol. The summed E-state index contributed by atoms with van der Waals surface area (Å²) in [6.07, 6.45) is -4.69. The molecular formula is C9H7ClF3NO2. The summed E-state index contributed by atoms with van der Waals surface area (Å²) < 4.78 is 41.9. The molecule has 88 valence electrons. The molecule has 2 N–H and O–H groups in total. The third-order valence-electron chi connectivity index (χ3n) is 1.89. The maximum atomic E-state index is 12.6. The molecule has 1 aromatic carbocycles. The van der Waals surface area contributed by atoms with Gasteiger partial charge in [0.1, 0.15) is 0 Å². The van der Waals surface area contributed by atoms with Gasteiger partial charge in [-0.1, -0.05) is 11.6 Å². The van der Waals surface area contributed by atoms with E-state index in [4.69, 9.17) is 17.3 Å². The van der Waals surface area contributed by atoms with Crippen LogP contribution in [0.25, 0.3) is 0 Å². The van der Waals surface area contributed by atoms with Gasteiger partial charge in [0.2, 0.25) is 0 Å². The molecule has 0 amide bonds. The zero-order valence-electron chi connectivity index (χ0n) is 8.06. The summed E-state index contributed by atoms with van der Waals surface area (Å²) in [5.74, 6) is -1.17. The standard InChI is InChI=1S/C9H7ClF3NO2/c1-16-8(15)6-4(9(11,12)13)2-3-5(10)7(6)14/h2-3H,14H2,1H3. The lowest BCUT2D eigenvalue weighted by molar-refractivity contribution is -0.138. The van der Waals surface area contributed by atoms with Gasteiger partial charge in [-0.2, -0.15) is 13.2 Å². The van der Waals surface area contributed by atoms with Crippen LogP contribution in [0.4, 0.5) is 18.9 Å². The van der Waals surface area contributed by atoms with Crippen LogP contribution in [-0.2, 0) is 10.9 Å². The van der Waals surface area contributed by atoms with Crippen molar-refractivity contribution >= 4 is 23.3 Å².